The van der Waals surface area contributed by atoms with Gasteiger partial charge in [-0.3, -0.25) is 14.9 Å². The third-order valence-corrected chi connectivity index (χ3v) is 7.06. The molecule has 0 radical (unpaired) electrons. The van der Waals surface area contributed by atoms with Gasteiger partial charge in [-0.1, -0.05) is 35.3 Å². The molecule has 0 atom stereocenters. The van der Waals surface area contributed by atoms with Crippen LogP contribution in [-0.4, -0.2) is 24.5 Å². The Kier molecular flexibility index (Phi) is 8.45. The van der Waals surface area contributed by atoms with Gasteiger partial charge in [-0.2, -0.15) is 0 Å². The van der Waals surface area contributed by atoms with Crippen molar-refractivity contribution in [2.45, 2.75) is 27.4 Å². The number of urea groups is 1. The van der Waals surface area contributed by atoms with E-state index in [0.29, 0.717) is 43.9 Å². The molecular formula is C28H23BrCl2N2O5. The number of benzene rings is 3. The zero-order valence-corrected chi connectivity index (χ0v) is 23.8. The molecule has 0 aliphatic carbocycles. The molecule has 0 spiro atoms. The van der Waals surface area contributed by atoms with Crippen LogP contribution in [0.4, 0.5) is 10.5 Å². The van der Waals surface area contributed by atoms with Gasteiger partial charge in [-0.25, -0.2) is 9.69 Å². The summed E-state index contributed by atoms with van der Waals surface area (Å²) in [6.45, 7) is 6.13. The molecular weight excluding hydrogens is 595 g/mol. The van der Waals surface area contributed by atoms with Gasteiger partial charge in [0.1, 0.15) is 12.2 Å². The van der Waals surface area contributed by atoms with Gasteiger partial charge in [0.05, 0.1) is 16.8 Å². The lowest BCUT2D eigenvalue weighted by Gasteiger charge is -2.27. The first-order chi connectivity index (χ1) is 18.1. The van der Waals surface area contributed by atoms with Crippen LogP contribution >= 0.6 is 39.1 Å². The van der Waals surface area contributed by atoms with E-state index in [0.717, 1.165) is 21.6 Å². The maximum Gasteiger partial charge on any atom is 0.335 e. The lowest BCUT2D eigenvalue weighted by molar-refractivity contribution is -0.122. The molecule has 4 amide bonds. The average Bonchev–Trinajstić information content (AvgIpc) is 2.84. The number of carbonyl (C=O) groups excluding carboxylic acids is 3. The quantitative estimate of drug-likeness (QED) is 0.228. The molecule has 1 aliphatic heterocycles. The average molecular weight is 618 g/mol. The van der Waals surface area contributed by atoms with Crippen LogP contribution in [-0.2, 0) is 16.2 Å². The SMILES string of the molecule is CCOc1cc(/C=C2\C(=O)NC(=O)N(c3ccc(C)c(C)c3)C2=O)cc(Br)c1OCc1ccc(Cl)cc1Cl. The van der Waals surface area contributed by atoms with E-state index in [1.54, 1.807) is 42.5 Å². The van der Waals surface area contributed by atoms with Crippen molar-refractivity contribution in [1.29, 1.82) is 0 Å². The number of barbiturate groups is 1. The summed E-state index contributed by atoms with van der Waals surface area (Å²) >= 11 is 15.7. The summed E-state index contributed by atoms with van der Waals surface area (Å²) in [4.78, 5) is 39.5. The molecule has 1 heterocycles. The highest BCUT2D eigenvalue weighted by atomic mass is 79.9. The van der Waals surface area contributed by atoms with Crippen molar-refractivity contribution < 1.29 is 23.9 Å². The monoisotopic (exact) mass is 616 g/mol. The molecule has 3 aromatic carbocycles. The minimum atomic E-state index is -0.804. The highest BCUT2D eigenvalue weighted by Crippen LogP contribution is 2.39. The van der Waals surface area contributed by atoms with Crippen molar-refractivity contribution in [3.63, 3.8) is 0 Å². The Hall–Kier alpha value is -3.33. The topological polar surface area (TPSA) is 84.9 Å². The lowest BCUT2D eigenvalue weighted by Crippen LogP contribution is -2.54. The van der Waals surface area contributed by atoms with Crippen LogP contribution in [0.15, 0.2) is 58.6 Å². The molecule has 196 valence electrons. The van der Waals surface area contributed by atoms with Crippen molar-refractivity contribution >= 4 is 68.7 Å². The summed E-state index contributed by atoms with van der Waals surface area (Å²) in [5.41, 5.74) is 3.32. The van der Waals surface area contributed by atoms with Crippen molar-refractivity contribution in [3.8, 4) is 11.5 Å². The Morgan fingerprint density at radius 1 is 0.974 bits per heavy atom. The summed E-state index contributed by atoms with van der Waals surface area (Å²) in [5, 5.41) is 3.24. The van der Waals surface area contributed by atoms with E-state index >= 15 is 0 Å². The summed E-state index contributed by atoms with van der Waals surface area (Å²) in [6, 6.07) is 12.9. The molecule has 0 bridgehead atoms. The number of imide groups is 2. The minimum Gasteiger partial charge on any atom is -0.490 e. The van der Waals surface area contributed by atoms with Crippen LogP contribution in [0.3, 0.4) is 0 Å². The van der Waals surface area contributed by atoms with E-state index in [4.69, 9.17) is 32.7 Å². The molecule has 1 fully saturated rings. The van der Waals surface area contributed by atoms with Gasteiger partial charge in [0.25, 0.3) is 11.8 Å². The van der Waals surface area contributed by atoms with Gasteiger partial charge in [0.2, 0.25) is 0 Å². The molecule has 1 saturated heterocycles. The van der Waals surface area contributed by atoms with Crippen LogP contribution in [0.25, 0.3) is 6.08 Å². The largest absolute Gasteiger partial charge is 0.490 e. The number of hydrogen-bond acceptors (Lipinski definition) is 5. The van der Waals surface area contributed by atoms with Gasteiger partial charge in [0.15, 0.2) is 11.5 Å². The zero-order chi connectivity index (χ0) is 27.6. The summed E-state index contributed by atoms with van der Waals surface area (Å²) in [6.07, 6.45) is 1.41. The molecule has 1 aliphatic rings. The third-order valence-electron chi connectivity index (χ3n) is 5.88. The smallest absolute Gasteiger partial charge is 0.335 e. The highest BCUT2D eigenvalue weighted by Gasteiger charge is 2.37. The van der Waals surface area contributed by atoms with E-state index < -0.39 is 17.8 Å². The van der Waals surface area contributed by atoms with Crippen molar-refractivity contribution in [2.75, 3.05) is 11.5 Å². The summed E-state index contributed by atoms with van der Waals surface area (Å²) < 4.78 is 12.3. The van der Waals surface area contributed by atoms with E-state index in [1.807, 2.05) is 26.8 Å². The molecule has 4 rings (SSSR count). The molecule has 10 heteroatoms. The number of anilines is 1. The first-order valence-corrected chi connectivity index (χ1v) is 13.2. The summed E-state index contributed by atoms with van der Waals surface area (Å²) in [5.74, 6) is -0.698. The molecule has 0 aromatic heterocycles. The van der Waals surface area contributed by atoms with Gasteiger partial charge < -0.3 is 9.47 Å². The predicted octanol–water partition coefficient (Wildman–Crippen LogP) is 7.02. The number of aryl methyl sites for hydroxylation is 2. The fraction of sp³-hybridized carbons (Fsp3) is 0.179. The second-order valence-corrected chi connectivity index (χ2v) is 10.2. The van der Waals surface area contributed by atoms with Gasteiger partial charge >= 0.3 is 6.03 Å². The normalized spacial score (nSPS) is 14.6. The van der Waals surface area contributed by atoms with Crippen LogP contribution in [0.2, 0.25) is 10.0 Å². The van der Waals surface area contributed by atoms with Crippen molar-refractivity contribution in [1.82, 2.24) is 5.32 Å². The Morgan fingerprint density at radius 3 is 2.42 bits per heavy atom. The number of rotatable bonds is 7. The summed E-state index contributed by atoms with van der Waals surface area (Å²) in [7, 11) is 0. The van der Waals surface area contributed by atoms with E-state index in [2.05, 4.69) is 21.2 Å². The molecule has 0 saturated carbocycles. The molecule has 3 aromatic rings. The van der Waals surface area contributed by atoms with Crippen LogP contribution in [0.1, 0.15) is 29.2 Å². The molecule has 7 nitrogen and oxygen atoms in total. The van der Waals surface area contributed by atoms with E-state index in [-0.39, 0.29) is 12.2 Å². The fourth-order valence-electron chi connectivity index (χ4n) is 3.79. The highest BCUT2D eigenvalue weighted by molar-refractivity contribution is 9.10. The Labute approximate surface area is 238 Å². The minimum absolute atomic E-state index is 0.156. The maximum absolute atomic E-state index is 13.3. The number of hydrogen-bond donors (Lipinski definition) is 1. The number of halogens is 3. The Bertz CT molecular complexity index is 1490. The second kappa shape index (κ2) is 11.6. The maximum atomic E-state index is 13.3. The number of nitrogens with one attached hydrogen (secondary N) is 1. The number of amides is 4. The van der Waals surface area contributed by atoms with E-state index in [1.165, 1.54) is 6.08 Å². The first-order valence-electron chi connectivity index (χ1n) is 11.6. The second-order valence-electron chi connectivity index (χ2n) is 8.51. The first kappa shape index (κ1) is 27.7. The zero-order valence-electron chi connectivity index (χ0n) is 20.7. The van der Waals surface area contributed by atoms with E-state index in [9.17, 15) is 14.4 Å². The number of carbonyl (C=O) groups is 3. The van der Waals surface area contributed by atoms with Gasteiger partial charge in [0, 0.05) is 15.6 Å². The molecule has 1 N–H and O–H groups in total. The van der Waals surface area contributed by atoms with Crippen LogP contribution < -0.4 is 19.7 Å². The van der Waals surface area contributed by atoms with Crippen molar-refractivity contribution in [3.05, 3.63) is 90.9 Å². The van der Waals surface area contributed by atoms with Crippen molar-refractivity contribution in [2.24, 2.45) is 0 Å². The molecule has 38 heavy (non-hydrogen) atoms. The lowest BCUT2D eigenvalue weighted by atomic mass is 10.0. The Morgan fingerprint density at radius 2 is 1.74 bits per heavy atom. The van der Waals surface area contributed by atoms with Gasteiger partial charge in [-0.05, 0) is 95.9 Å². The Balaban J connectivity index is 1.67. The number of nitrogens with zero attached hydrogens (tertiary/aromatic N) is 1. The van der Waals surface area contributed by atoms with Crippen LogP contribution in [0, 0.1) is 13.8 Å². The third kappa shape index (κ3) is 5.88. The number of ether oxygens (including phenoxy) is 2. The standard InChI is InChI=1S/C28H23BrCl2N2O5/c1-4-37-24-12-17(11-22(29)25(24)38-14-18-6-7-19(30)13-23(18)31)10-21-26(34)32-28(36)33(27(21)35)20-8-5-15(2)16(3)9-20/h5-13H,4,14H2,1-3H3,(H,32,34,36)/b21-10+. The van der Waals surface area contributed by atoms with Gasteiger partial charge in [-0.15, -0.1) is 0 Å². The fourth-order valence-corrected chi connectivity index (χ4v) is 4.82. The van der Waals surface area contributed by atoms with Crippen LogP contribution in [0.5, 0.6) is 11.5 Å². The predicted molar refractivity (Wildman–Crippen MR) is 151 cm³/mol. The molecule has 0 unspecified atom stereocenters.